The average Bonchev–Trinajstić information content (AvgIpc) is 1.49. The molecule has 9 rings (SSSR count). The second kappa shape index (κ2) is 33.5. The van der Waals surface area contributed by atoms with Crippen molar-refractivity contribution in [3.63, 3.8) is 0 Å². The number of aliphatic carboxylic acids is 1. The number of H-pyrrole nitrogens is 2. The number of hydrogen-bond donors (Lipinski definition) is 6. The van der Waals surface area contributed by atoms with Crippen molar-refractivity contribution in [2.75, 3.05) is 107 Å². The summed E-state index contributed by atoms with van der Waals surface area (Å²) in [6, 6.07) is 13.9. The van der Waals surface area contributed by atoms with Crippen molar-refractivity contribution < 1.29 is 56.7 Å². The summed E-state index contributed by atoms with van der Waals surface area (Å²) >= 11 is 8.26. The number of nitrogens with one attached hydrogen (secondary N) is 4. The van der Waals surface area contributed by atoms with E-state index in [1.54, 1.807) is 71.7 Å². The molecule has 6 aromatic heterocycles. The number of piperazine rings is 1. The Morgan fingerprint density at radius 1 is 0.871 bits per heavy atom. The highest BCUT2D eigenvalue weighted by molar-refractivity contribution is 7.99. The van der Waals surface area contributed by atoms with Gasteiger partial charge in [0.15, 0.2) is 5.82 Å². The largest absolute Gasteiger partial charge is 0.480 e. The van der Waals surface area contributed by atoms with Crippen LogP contribution in [-0.4, -0.2) is 181 Å². The van der Waals surface area contributed by atoms with E-state index in [1.807, 2.05) is 11.0 Å². The van der Waals surface area contributed by atoms with Crippen molar-refractivity contribution in [2.45, 2.75) is 76.1 Å². The molecule has 1 saturated heterocycles. The number of rotatable bonds is 35. The van der Waals surface area contributed by atoms with Gasteiger partial charge in [0, 0.05) is 97.1 Å². The number of nitrogen functional groups attached to an aromatic ring is 1. The lowest BCUT2D eigenvalue weighted by Gasteiger charge is -2.34. The highest BCUT2D eigenvalue weighted by atomic mass is 35.5. The number of fused-ring (bicyclic) bond motifs is 2. The lowest BCUT2D eigenvalue weighted by molar-refractivity contribution is -0.139. The van der Waals surface area contributed by atoms with E-state index in [4.69, 9.17) is 41.0 Å². The molecule has 8 aromatic rings. The number of aromatic nitrogens is 10. The van der Waals surface area contributed by atoms with Crippen LogP contribution in [0.15, 0.2) is 82.9 Å². The smallest absolute Gasteiger partial charge is 0.326 e. The molecule has 0 unspecified atom stereocenters. The summed E-state index contributed by atoms with van der Waals surface area (Å²) in [6.45, 7) is 8.13. The van der Waals surface area contributed by atoms with Gasteiger partial charge in [-0.15, -0.1) is 16.9 Å². The third-order valence-corrected chi connectivity index (χ3v) is 16.3. The first kappa shape index (κ1) is 68.3. The van der Waals surface area contributed by atoms with Crippen LogP contribution in [-0.2, 0) is 57.6 Å². The number of carbonyl (C=O) groups excluding carboxylic acids is 3. The molecule has 0 radical (unpaired) electrons. The zero-order chi connectivity index (χ0) is 65.8. The summed E-state index contributed by atoms with van der Waals surface area (Å²) < 4.78 is 60.2. The second-order valence-electron chi connectivity index (χ2n) is 21.5. The number of halogens is 3. The molecule has 7 N–H and O–H groups in total. The van der Waals surface area contributed by atoms with Gasteiger partial charge in [-0.1, -0.05) is 16.8 Å². The van der Waals surface area contributed by atoms with Crippen molar-refractivity contribution in [3.05, 3.63) is 134 Å². The number of hydrogen-bond acceptors (Lipinski definition) is 22. The molecular weight excluding hydrogens is 1250 g/mol. The molecule has 0 aliphatic carbocycles. The van der Waals surface area contributed by atoms with Crippen LogP contribution in [0.2, 0.25) is 5.02 Å². The Hall–Kier alpha value is -9.09. The molecule has 0 spiro atoms. The first-order valence-corrected chi connectivity index (χ1v) is 31.3. The Bertz CT molecular complexity index is 4000. The number of carboxylic acids is 1. The summed E-state index contributed by atoms with van der Waals surface area (Å²) in [4.78, 5) is 94.7. The predicted molar refractivity (Wildman–Crippen MR) is 340 cm³/mol. The number of pyridine rings is 2. The van der Waals surface area contributed by atoms with E-state index >= 15 is 4.39 Å². The normalized spacial score (nSPS) is 13.1. The Morgan fingerprint density at radius 2 is 1.59 bits per heavy atom. The number of amides is 2. The zero-order valence-electron chi connectivity index (χ0n) is 51.0. The molecule has 31 heteroatoms. The van der Waals surface area contributed by atoms with Gasteiger partial charge in [-0.2, -0.15) is 10.2 Å². The highest BCUT2D eigenvalue weighted by Crippen LogP contribution is 2.37. The van der Waals surface area contributed by atoms with E-state index < -0.39 is 35.6 Å². The molecule has 490 valence electrons. The van der Waals surface area contributed by atoms with Crippen LogP contribution >= 0.6 is 23.4 Å². The lowest BCUT2D eigenvalue weighted by Crippen LogP contribution is -2.50. The summed E-state index contributed by atoms with van der Waals surface area (Å²) in [5.74, 6) is -2.16. The molecule has 1 aliphatic heterocycles. The van der Waals surface area contributed by atoms with Crippen LogP contribution in [0.1, 0.15) is 77.2 Å². The van der Waals surface area contributed by atoms with E-state index in [-0.39, 0.29) is 101 Å². The maximum Gasteiger partial charge on any atom is 0.326 e. The van der Waals surface area contributed by atoms with E-state index in [2.05, 4.69) is 55.8 Å². The summed E-state index contributed by atoms with van der Waals surface area (Å²) in [6.07, 6.45) is 5.89. The molecular formula is C62H69ClF2N16O11S. The number of anilines is 3. The van der Waals surface area contributed by atoms with Crippen LogP contribution in [0.25, 0.3) is 33.3 Å². The fourth-order valence-corrected chi connectivity index (χ4v) is 10.9. The van der Waals surface area contributed by atoms with Crippen LogP contribution in [0.3, 0.4) is 0 Å². The van der Waals surface area contributed by atoms with Gasteiger partial charge in [0.2, 0.25) is 17.8 Å². The van der Waals surface area contributed by atoms with Crippen molar-refractivity contribution in [2.24, 2.45) is 0 Å². The summed E-state index contributed by atoms with van der Waals surface area (Å²) in [7, 11) is 0. The quantitative estimate of drug-likeness (QED) is 0.0185. The van der Waals surface area contributed by atoms with Crippen molar-refractivity contribution in [1.82, 2.24) is 60.1 Å². The molecule has 2 aromatic carbocycles. The Kier molecular flexibility index (Phi) is 24.6. The fourth-order valence-electron chi connectivity index (χ4n) is 9.87. The van der Waals surface area contributed by atoms with Gasteiger partial charge in [-0.25, -0.2) is 38.2 Å². The number of thioether (sulfide) groups is 1. The van der Waals surface area contributed by atoms with Crippen molar-refractivity contribution >= 4 is 86.6 Å². The van der Waals surface area contributed by atoms with Gasteiger partial charge in [0.05, 0.1) is 111 Å². The number of Topliss-reactive ketones (excluding diaryl/α,β-unsaturated/α-hetero) is 1. The Balaban J connectivity index is 0.565. The molecule has 27 nitrogen and oxygen atoms in total. The molecule has 2 amide bonds. The summed E-state index contributed by atoms with van der Waals surface area (Å²) in [5, 5.41) is 33.7. The molecule has 0 saturated carbocycles. The molecule has 7 heterocycles. The van der Waals surface area contributed by atoms with Gasteiger partial charge >= 0.3 is 5.97 Å². The van der Waals surface area contributed by atoms with Crippen LogP contribution in [0.5, 0.6) is 0 Å². The first-order chi connectivity index (χ1) is 45.0. The number of carboxylic acid groups (broad SMARTS) is 1. The lowest BCUT2D eigenvalue weighted by atomic mass is 10.0. The number of nitriles is 1. The number of carbonyl (C=O) groups is 4. The van der Waals surface area contributed by atoms with Gasteiger partial charge in [-0.05, 0) is 81.6 Å². The minimum atomic E-state index is -1.24. The van der Waals surface area contributed by atoms with Gasteiger partial charge in [0.1, 0.15) is 46.8 Å². The van der Waals surface area contributed by atoms with Crippen molar-refractivity contribution in [1.29, 1.82) is 5.26 Å². The second-order valence-corrected chi connectivity index (χ2v) is 23.1. The van der Waals surface area contributed by atoms with Crippen molar-refractivity contribution in [3.8, 4) is 17.3 Å². The number of aryl methyl sites for hydroxylation is 2. The first-order valence-electron chi connectivity index (χ1n) is 29.9. The number of aromatic amines is 2. The fraction of sp³-hybridized carbons (Fsp3) is 0.403. The van der Waals surface area contributed by atoms with E-state index in [9.17, 15) is 38.7 Å². The third-order valence-electron chi connectivity index (χ3n) is 14.8. The van der Waals surface area contributed by atoms with Gasteiger partial charge in [-0.3, -0.25) is 24.2 Å². The molecule has 0 bridgehead atoms. The van der Waals surface area contributed by atoms with Crippen LogP contribution in [0.4, 0.5) is 26.4 Å². The summed E-state index contributed by atoms with van der Waals surface area (Å²) in [5.41, 5.74) is 9.45. The highest BCUT2D eigenvalue weighted by Gasteiger charge is 2.26. The van der Waals surface area contributed by atoms with E-state index in [0.717, 1.165) is 10.6 Å². The number of benzene rings is 2. The number of nitrogens with two attached hydrogens (primary N) is 1. The number of ether oxygens (including phenoxy) is 5. The molecule has 1 fully saturated rings. The van der Waals surface area contributed by atoms with Crippen LogP contribution < -0.4 is 26.8 Å². The Morgan fingerprint density at radius 3 is 2.31 bits per heavy atom. The SMILES string of the molecule is Cc1nc2cc(F)c(-c3cnc(N4CCN(C(=O)COCCn5cc(COCCOCCOCCOCCCC(=O)CC[C@H](NC(=O)c6ccc(SCCc7cc8c(=O)[nH]c(N)nc8[nH]7)cc6)C(=O)O)nn5)CC4)nc3)nc2c(N[C@H](C)c2cc(C#N)ccc2F)c1Cl. The van der Waals surface area contributed by atoms with E-state index in [1.165, 1.54) is 36.7 Å². The van der Waals surface area contributed by atoms with E-state index in [0.29, 0.717) is 137 Å². The Labute approximate surface area is 541 Å². The average molecular weight is 1320 g/mol. The minimum Gasteiger partial charge on any atom is -0.480 e. The number of ketones is 1. The maximum absolute atomic E-state index is 15.7. The topological polar surface area (TPSA) is 359 Å². The zero-order valence-corrected chi connectivity index (χ0v) is 52.6. The molecule has 2 atom stereocenters. The minimum absolute atomic E-state index is 0.0150. The number of nitrogens with zero attached hydrogens (tertiary/aromatic N) is 11. The van der Waals surface area contributed by atoms with Crippen LogP contribution in [0, 0.1) is 29.9 Å². The van der Waals surface area contributed by atoms with Gasteiger partial charge in [0.25, 0.3) is 11.5 Å². The maximum atomic E-state index is 15.7. The van der Waals surface area contributed by atoms with Gasteiger partial charge < -0.3 is 59.9 Å². The molecule has 93 heavy (non-hydrogen) atoms. The standard InChI is InChI=1S/C62H69ClF2N16O11S/c1-37(46-28-39(31-66)5-11-48(46)64)71-56-53(63)38(2)70-51-30-49(65)54(74-55(51)56)41-32-68-62(69-33-41)80-16-14-79(15-17-80)52(83)36-91-20-18-81-34-43(77-78-81)35-92-26-25-90-24-23-89-22-21-88-19-3-4-44(82)8-12-50(60(86)87)73-58(84)40-6-9-45(10-7-40)93-27-13-42-29-47-57(72-42)75-61(67)76-59(47)85/h5-7,9-11,28-30,32-34,37,50H,3-4,8,12-27,35-36H2,1-2H3,(H,70,71)(H,73,84)(H,86,87)(H4,67,72,75,76,85)/t37-,50+/m1/s1. The predicted octanol–water partition coefficient (Wildman–Crippen LogP) is 6.39. The monoisotopic (exact) mass is 1320 g/mol. The molecule has 1 aliphatic rings. The third kappa shape index (κ3) is 19.3.